The highest BCUT2D eigenvalue weighted by molar-refractivity contribution is 4.82. The summed E-state index contributed by atoms with van der Waals surface area (Å²) in [5.74, 6) is -1.67. The summed E-state index contributed by atoms with van der Waals surface area (Å²) in [5, 5.41) is 0. The van der Waals surface area contributed by atoms with Crippen molar-refractivity contribution >= 4 is 0 Å². The van der Waals surface area contributed by atoms with Crippen LogP contribution in [0.2, 0.25) is 0 Å². The SMILES string of the molecule is CC(C)C1CCC(F)(F)C1. The van der Waals surface area contributed by atoms with Crippen LogP contribution >= 0.6 is 0 Å². The van der Waals surface area contributed by atoms with Crippen molar-refractivity contribution in [3.8, 4) is 0 Å². The van der Waals surface area contributed by atoms with Crippen LogP contribution in [-0.2, 0) is 0 Å². The van der Waals surface area contributed by atoms with E-state index in [9.17, 15) is 8.78 Å². The molecule has 0 amide bonds. The lowest BCUT2D eigenvalue weighted by Gasteiger charge is -2.13. The second-order valence-corrected chi connectivity index (χ2v) is 3.60. The Kier molecular flexibility index (Phi) is 1.97. The third kappa shape index (κ3) is 1.68. The Hall–Kier alpha value is -0.140. The minimum atomic E-state index is -2.35. The Labute approximate surface area is 60.6 Å². The van der Waals surface area contributed by atoms with Gasteiger partial charge in [0.05, 0.1) is 0 Å². The van der Waals surface area contributed by atoms with Crippen LogP contribution in [0.4, 0.5) is 8.78 Å². The quantitative estimate of drug-likeness (QED) is 0.536. The molecule has 1 saturated carbocycles. The van der Waals surface area contributed by atoms with Crippen LogP contribution in [0.1, 0.15) is 33.1 Å². The molecule has 0 aromatic heterocycles. The van der Waals surface area contributed by atoms with Crippen LogP contribution in [0.5, 0.6) is 0 Å². The van der Waals surface area contributed by atoms with Gasteiger partial charge in [-0.1, -0.05) is 13.8 Å². The smallest absolute Gasteiger partial charge is 0.207 e. The average molecular weight is 148 g/mol. The average Bonchev–Trinajstić information content (AvgIpc) is 2.10. The molecule has 1 unspecified atom stereocenters. The van der Waals surface area contributed by atoms with Crippen molar-refractivity contribution in [2.24, 2.45) is 11.8 Å². The normalized spacial score (nSPS) is 31.5. The Morgan fingerprint density at radius 1 is 1.40 bits per heavy atom. The first-order valence-electron chi connectivity index (χ1n) is 3.89. The molecule has 0 bridgehead atoms. The molecule has 0 N–H and O–H groups in total. The molecule has 1 aliphatic carbocycles. The van der Waals surface area contributed by atoms with Crippen molar-refractivity contribution in [2.75, 3.05) is 0 Å². The number of halogens is 2. The van der Waals surface area contributed by atoms with Crippen molar-refractivity contribution in [1.29, 1.82) is 0 Å². The first-order valence-corrected chi connectivity index (χ1v) is 3.89. The molecule has 0 spiro atoms. The Morgan fingerprint density at radius 3 is 2.20 bits per heavy atom. The predicted molar refractivity (Wildman–Crippen MR) is 37.1 cm³/mol. The zero-order chi connectivity index (χ0) is 7.78. The molecule has 0 saturated heterocycles. The maximum atomic E-state index is 12.6. The van der Waals surface area contributed by atoms with Crippen molar-refractivity contribution < 1.29 is 8.78 Å². The molecular formula is C8H14F2. The highest BCUT2D eigenvalue weighted by atomic mass is 19.3. The third-order valence-electron chi connectivity index (χ3n) is 2.38. The lowest BCUT2D eigenvalue weighted by atomic mass is 9.94. The van der Waals surface area contributed by atoms with Gasteiger partial charge in [-0.2, -0.15) is 0 Å². The van der Waals surface area contributed by atoms with E-state index < -0.39 is 5.92 Å². The maximum Gasteiger partial charge on any atom is 0.248 e. The fourth-order valence-electron chi connectivity index (χ4n) is 1.55. The van der Waals surface area contributed by atoms with E-state index in [0.717, 1.165) is 0 Å². The lowest BCUT2D eigenvalue weighted by molar-refractivity contribution is 0.00298. The number of alkyl halides is 2. The van der Waals surface area contributed by atoms with Crippen LogP contribution in [0.25, 0.3) is 0 Å². The van der Waals surface area contributed by atoms with Crippen molar-refractivity contribution in [3.05, 3.63) is 0 Å². The highest BCUT2D eigenvalue weighted by Gasteiger charge is 2.40. The molecule has 2 heteroatoms. The van der Waals surface area contributed by atoms with Crippen molar-refractivity contribution in [2.45, 2.75) is 39.0 Å². The summed E-state index contributed by atoms with van der Waals surface area (Å²) in [5.41, 5.74) is 0. The van der Waals surface area contributed by atoms with E-state index in [1.165, 1.54) is 0 Å². The molecule has 1 fully saturated rings. The summed E-state index contributed by atoms with van der Waals surface area (Å²) in [6.45, 7) is 4.04. The van der Waals surface area contributed by atoms with E-state index in [1.54, 1.807) is 0 Å². The molecule has 0 aromatic rings. The summed E-state index contributed by atoms with van der Waals surface area (Å²) in [4.78, 5) is 0. The first-order chi connectivity index (χ1) is 4.51. The van der Waals surface area contributed by atoms with E-state index in [1.807, 2.05) is 13.8 Å². The van der Waals surface area contributed by atoms with Gasteiger partial charge in [-0.05, 0) is 18.3 Å². The van der Waals surface area contributed by atoms with Gasteiger partial charge < -0.3 is 0 Å². The van der Waals surface area contributed by atoms with Gasteiger partial charge in [-0.25, -0.2) is 8.78 Å². The summed E-state index contributed by atoms with van der Waals surface area (Å²) < 4.78 is 25.1. The third-order valence-corrected chi connectivity index (χ3v) is 2.38. The predicted octanol–water partition coefficient (Wildman–Crippen LogP) is 3.08. The van der Waals surface area contributed by atoms with Crippen molar-refractivity contribution in [1.82, 2.24) is 0 Å². The van der Waals surface area contributed by atoms with Gasteiger partial charge in [0.25, 0.3) is 0 Å². The lowest BCUT2D eigenvalue weighted by Crippen LogP contribution is -2.11. The van der Waals surface area contributed by atoms with Crippen LogP contribution in [0.3, 0.4) is 0 Å². The van der Waals surface area contributed by atoms with E-state index in [-0.39, 0.29) is 18.8 Å². The van der Waals surface area contributed by atoms with Crippen LogP contribution in [0, 0.1) is 11.8 Å². The second kappa shape index (κ2) is 2.48. The zero-order valence-corrected chi connectivity index (χ0v) is 6.53. The molecule has 60 valence electrons. The van der Waals surface area contributed by atoms with Gasteiger partial charge in [0, 0.05) is 12.8 Å². The number of hydrogen-bond donors (Lipinski definition) is 0. The second-order valence-electron chi connectivity index (χ2n) is 3.60. The monoisotopic (exact) mass is 148 g/mol. The zero-order valence-electron chi connectivity index (χ0n) is 6.53. The molecule has 0 heterocycles. The summed E-state index contributed by atoms with van der Waals surface area (Å²) in [7, 11) is 0. The van der Waals surface area contributed by atoms with Gasteiger partial charge in [0.2, 0.25) is 5.92 Å². The topological polar surface area (TPSA) is 0 Å². The number of rotatable bonds is 1. The first kappa shape index (κ1) is 7.96. The maximum absolute atomic E-state index is 12.6. The van der Waals surface area contributed by atoms with Crippen molar-refractivity contribution in [3.63, 3.8) is 0 Å². The van der Waals surface area contributed by atoms with E-state index in [0.29, 0.717) is 12.3 Å². The summed E-state index contributed by atoms with van der Waals surface area (Å²) in [6, 6.07) is 0. The molecule has 10 heavy (non-hydrogen) atoms. The van der Waals surface area contributed by atoms with Gasteiger partial charge in [0.15, 0.2) is 0 Å². The molecule has 0 aromatic carbocycles. The molecule has 0 radical (unpaired) electrons. The van der Waals surface area contributed by atoms with E-state index in [4.69, 9.17) is 0 Å². The fourth-order valence-corrected chi connectivity index (χ4v) is 1.55. The summed E-state index contributed by atoms with van der Waals surface area (Å²) >= 11 is 0. The standard InChI is InChI=1S/C8H14F2/c1-6(2)7-3-4-8(9,10)5-7/h6-7H,3-5H2,1-2H3. The number of hydrogen-bond acceptors (Lipinski definition) is 0. The Bertz CT molecular complexity index is 118. The molecular weight excluding hydrogens is 134 g/mol. The molecule has 0 nitrogen and oxygen atoms in total. The van der Waals surface area contributed by atoms with Gasteiger partial charge in [-0.3, -0.25) is 0 Å². The van der Waals surface area contributed by atoms with Gasteiger partial charge in [0.1, 0.15) is 0 Å². The summed E-state index contributed by atoms with van der Waals surface area (Å²) in [6.07, 6.45) is 0.936. The van der Waals surface area contributed by atoms with E-state index >= 15 is 0 Å². The van der Waals surface area contributed by atoms with Crippen LogP contribution < -0.4 is 0 Å². The molecule has 1 atom stereocenters. The Balaban J connectivity index is 2.43. The van der Waals surface area contributed by atoms with Crippen LogP contribution in [0.15, 0.2) is 0 Å². The minimum Gasteiger partial charge on any atom is -0.207 e. The highest BCUT2D eigenvalue weighted by Crippen LogP contribution is 2.41. The minimum absolute atomic E-state index is 0.107. The fraction of sp³-hybridized carbons (Fsp3) is 1.00. The molecule has 0 aliphatic heterocycles. The van der Waals surface area contributed by atoms with Gasteiger partial charge in [-0.15, -0.1) is 0 Å². The van der Waals surface area contributed by atoms with Crippen LogP contribution in [-0.4, -0.2) is 5.92 Å². The largest absolute Gasteiger partial charge is 0.248 e. The van der Waals surface area contributed by atoms with Gasteiger partial charge >= 0.3 is 0 Å². The Morgan fingerprint density at radius 2 is 2.00 bits per heavy atom. The molecule has 1 rings (SSSR count). The van der Waals surface area contributed by atoms with E-state index in [2.05, 4.69) is 0 Å². The molecule has 1 aliphatic rings.